The van der Waals surface area contributed by atoms with E-state index in [0.717, 1.165) is 0 Å². The smallest absolute Gasteiger partial charge is 0.271 e. The molecule has 0 aliphatic carbocycles. The third-order valence-corrected chi connectivity index (χ3v) is 4.95. The summed E-state index contributed by atoms with van der Waals surface area (Å²) < 4.78 is 5.67. The Hall–Kier alpha value is -2.91. The van der Waals surface area contributed by atoms with Crippen molar-refractivity contribution < 1.29 is 14.1 Å². The average Bonchev–Trinajstić information content (AvgIpc) is 3.16. The Morgan fingerprint density at radius 3 is 2.55 bits per heavy atom. The van der Waals surface area contributed by atoms with Gasteiger partial charge in [-0.2, -0.15) is 0 Å². The highest BCUT2D eigenvalue weighted by Gasteiger charge is 2.12. The summed E-state index contributed by atoms with van der Waals surface area (Å²) in [6.45, 7) is 0. The highest BCUT2D eigenvalue weighted by molar-refractivity contribution is 7.80. The van der Waals surface area contributed by atoms with Crippen molar-refractivity contribution in [3.63, 3.8) is 0 Å². The van der Waals surface area contributed by atoms with Gasteiger partial charge in [-0.05, 0) is 54.7 Å². The van der Waals surface area contributed by atoms with Crippen LogP contribution in [0.1, 0.15) is 5.76 Å². The number of rotatable bonds is 5. The van der Waals surface area contributed by atoms with Crippen LogP contribution >= 0.6 is 47.0 Å². The van der Waals surface area contributed by atoms with Crippen LogP contribution in [0.5, 0.6) is 0 Å². The van der Waals surface area contributed by atoms with E-state index in [4.69, 9.17) is 51.4 Å². The summed E-state index contributed by atoms with van der Waals surface area (Å²) in [6, 6.07) is 12.2. The van der Waals surface area contributed by atoms with Gasteiger partial charge in [0.15, 0.2) is 5.11 Å². The van der Waals surface area contributed by atoms with Gasteiger partial charge in [0.05, 0.1) is 20.7 Å². The first-order valence-electron chi connectivity index (χ1n) is 8.52. The second kappa shape index (κ2) is 9.93. The van der Waals surface area contributed by atoms with Crippen LogP contribution in [0.4, 0.5) is 11.4 Å². The first-order chi connectivity index (χ1) is 14.7. The Balaban J connectivity index is 1.62. The molecule has 1 amide bonds. The summed E-state index contributed by atoms with van der Waals surface area (Å²) in [5.74, 6) is 0.387. The van der Waals surface area contributed by atoms with Crippen LogP contribution in [0.15, 0.2) is 59.0 Å². The van der Waals surface area contributed by atoms with Gasteiger partial charge in [0.2, 0.25) is 5.91 Å². The zero-order chi connectivity index (χ0) is 22.5. The summed E-state index contributed by atoms with van der Waals surface area (Å²) in [5.41, 5.74) is 0.686. The Kier molecular flexibility index (Phi) is 7.29. The second-order valence-electron chi connectivity index (χ2n) is 6.02. The van der Waals surface area contributed by atoms with Crippen LogP contribution in [-0.2, 0) is 4.79 Å². The molecular formula is C20H12Cl3N3O4S. The molecule has 2 aromatic carbocycles. The van der Waals surface area contributed by atoms with Crippen molar-refractivity contribution in [3.8, 4) is 11.3 Å². The van der Waals surface area contributed by atoms with Crippen LogP contribution in [0.3, 0.4) is 0 Å². The summed E-state index contributed by atoms with van der Waals surface area (Å²) in [5, 5.41) is 17.0. The molecular weight excluding hydrogens is 485 g/mol. The minimum Gasteiger partial charge on any atom is -0.457 e. The number of nitro groups is 1. The van der Waals surface area contributed by atoms with Gasteiger partial charge in [-0.3, -0.25) is 20.2 Å². The molecule has 0 fully saturated rings. The van der Waals surface area contributed by atoms with Crippen LogP contribution in [0, 0.1) is 10.1 Å². The number of benzene rings is 2. The molecule has 3 aromatic rings. The predicted molar refractivity (Wildman–Crippen MR) is 126 cm³/mol. The summed E-state index contributed by atoms with van der Waals surface area (Å²) >= 11 is 23.1. The summed E-state index contributed by atoms with van der Waals surface area (Å²) in [6.07, 6.45) is 2.67. The molecule has 158 valence electrons. The second-order valence-corrected chi connectivity index (χ2v) is 7.68. The van der Waals surface area contributed by atoms with Crippen LogP contribution in [0.25, 0.3) is 17.4 Å². The first-order valence-corrected chi connectivity index (χ1v) is 10.1. The van der Waals surface area contributed by atoms with Gasteiger partial charge >= 0.3 is 0 Å². The number of amides is 1. The van der Waals surface area contributed by atoms with Gasteiger partial charge in [0, 0.05) is 28.8 Å². The van der Waals surface area contributed by atoms with E-state index in [0.29, 0.717) is 27.1 Å². The van der Waals surface area contributed by atoms with E-state index in [1.54, 1.807) is 30.3 Å². The standard InChI is InChI=1S/C20H12Cl3N3O4S/c21-11-1-5-14(16(23)9-11)18-7-3-13(30-18)4-8-19(27)25-20(31)24-17-10-12(26(28)29)2-6-15(17)22/h1-10H,(H2,24,25,27,31)/b8-4+. The molecule has 0 saturated heterocycles. The molecule has 0 spiro atoms. The number of furan rings is 1. The van der Waals surface area contributed by atoms with E-state index in [-0.39, 0.29) is 21.5 Å². The fourth-order valence-corrected chi connectivity index (χ4v) is 3.34. The molecule has 1 aromatic heterocycles. The monoisotopic (exact) mass is 495 g/mol. The highest BCUT2D eigenvalue weighted by atomic mass is 35.5. The zero-order valence-electron chi connectivity index (χ0n) is 15.4. The fraction of sp³-hybridized carbons (Fsp3) is 0. The van der Waals surface area contributed by atoms with Crippen molar-refractivity contribution in [2.75, 3.05) is 5.32 Å². The number of carbonyl (C=O) groups is 1. The van der Waals surface area contributed by atoms with Crippen LogP contribution < -0.4 is 10.6 Å². The van der Waals surface area contributed by atoms with Crippen molar-refractivity contribution >= 4 is 75.5 Å². The number of nitrogens with zero attached hydrogens (tertiary/aromatic N) is 1. The minimum atomic E-state index is -0.569. The molecule has 0 aliphatic rings. The number of halogens is 3. The summed E-state index contributed by atoms with van der Waals surface area (Å²) in [4.78, 5) is 22.4. The van der Waals surface area contributed by atoms with Crippen molar-refractivity contribution in [1.29, 1.82) is 0 Å². The lowest BCUT2D eigenvalue weighted by Crippen LogP contribution is -2.32. The van der Waals surface area contributed by atoms with Crippen LogP contribution in [0.2, 0.25) is 15.1 Å². The molecule has 0 saturated carbocycles. The number of carbonyl (C=O) groups excluding carboxylic acids is 1. The molecule has 2 N–H and O–H groups in total. The molecule has 0 atom stereocenters. The Bertz CT molecular complexity index is 1210. The third-order valence-electron chi connectivity index (χ3n) is 3.87. The maximum atomic E-state index is 12.1. The molecule has 31 heavy (non-hydrogen) atoms. The van der Waals surface area contributed by atoms with E-state index in [9.17, 15) is 14.9 Å². The number of anilines is 1. The normalized spacial score (nSPS) is 10.8. The lowest BCUT2D eigenvalue weighted by atomic mass is 10.2. The van der Waals surface area contributed by atoms with Crippen LogP contribution in [-0.4, -0.2) is 15.9 Å². The third kappa shape index (κ3) is 6.05. The van der Waals surface area contributed by atoms with Gasteiger partial charge in [-0.25, -0.2) is 0 Å². The largest absolute Gasteiger partial charge is 0.457 e. The fourth-order valence-electron chi connectivity index (χ4n) is 2.46. The van der Waals surface area contributed by atoms with Gasteiger partial charge in [-0.15, -0.1) is 0 Å². The number of thiocarbonyl (C=S) groups is 1. The Labute approximate surface area is 196 Å². The maximum absolute atomic E-state index is 12.1. The number of non-ortho nitro benzene ring substituents is 1. The van der Waals surface area contributed by atoms with Crippen molar-refractivity contribution in [1.82, 2.24) is 5.32 Å². The number of nitrogens with one attached hydrogen (secondary N) is 2. The molecule has 0 radical (unpaired) electrons. The van der Waals surface area contributed by atoms with Gasteiger partial charge in [-0.1, -0.05) is 34.8 Å². The molecule has 0 bridgehead atoms. The SMILES string of the molecule is O=C(/C=C/c1ccc(-c2ccc(Cl)cc2Cl)o1)NC(=S)Nc1cc([N+](=O)[O-])ccc1Cl. The number of nitro benzene ring substituents is 1. The molecule has 3 rings (SSSR count). The quantitative estimate of drug-likeness (QED) is 0.185. The lowest BCUT2D eigenvalue weighted by molar-refractivity contribution is -0.384. The Morgan fingerprint density at radius 2 is 1.84 bits per heavy atom. The lowest BCUT2D eigenvalue weighted by Gasteiger charge is -2.09. The topological polar surface area (TPSA) is 97.4 Å². The molecule has 7 nitrogen and oxygen atoms in total. The van der Waals surface area contributed by atoms with E-state index in [1.165, 1.54) is 30.4 Å². The van der Waals surface area contributed by atoms with Gasteiger partial charge in [0.25, 0.3) is 5.69 Å². The van der Waals surface area contributed by atoms with E-state index >= 15 is 0 Å². The molecule has 1 heterocycles. The predicted octanol–water partition coefficient (Wildman–Crippen LogP) is 6.34. The number of hydrogen-bond acceptors (Lipinski definition) is 5. The van der Waals surface area contributed by atoms with E-state index in [2.05, 4.69) is 10.6 Å². The Morgan fingerprint density at radius 1 is 1.06 bits per heavy atom. The highest BCUT2D eigenvalue weighted by Crippen LogP contribution is 2.31. The molecule has 11 heteroatoms. The zero-order valence-corrected chi connectivity index (χ0v) is 18.5. The molecule has 0 aliphatic heterocycles. The van der Waals surface area contributed by atoms with Crippen molar-refractivity contribution in [3.05, 3.63) is 85.5 Å². The van der Waals surface area contributed by atoms with Gasteiger partial charge in [0.1, 0.15) is 11.5 Å². The minimum absolute atomic E-state index is 0.0786. The van der Waals surface area contributed by atoms with Crippen molar-refractivity contribution in [2.24, 2.45) is 0 Å². The average molecular weight is 497 g/mol. The van der Waals surface area contributed by atoms with Crippen molar-refractivity contribution in [2.45, 2.75) is 0 Å². The summed E-state index contributed by atoms with van der Waals surface area (Å²) in [7, 11) is 0. The number of hydrogen-bond donors (Lipinski definition) is 2. The molecule has 0 unspecified atom stereocenters. The van der Waals surface area contributed by atoms with E-state index < -0.39 is 10.8 Å². The first kappa shape index (κ1) is 22.8. The van der Waals surface area contributed by atoms with E-state index in [1.807, 2.05) is 0 Å². The van der Waals surface area contributed by atoms with Gasteiger partial charge < -0.3 is 9.73 Å². The maximum Gasteiger partial charge on any atom is 0.271 e.